The summed E-state index contributed by atoms with van der Waals surface area (Å²) in [7, 11) is 0. The summed E-state index contributed by atoms with van der Waals surface area (Å²) in [6.07, 6.45) is 1.78. The maximum atomic E-state index is 13.5. The molecule has 0 bridgehead atoms. The standard InChI is InChI=1S/C26H22N4O2S/c1-16-8-9-23-27-19(13-24(31)29(23)14-16)15-33-26-28-22-7-5-4-6-21(22)25(32)30(26)20-11-17(2)10-18(3)12-20/h4-14H,15H2,1-3H3. The Morgan fingerprint density at radius 1 is 0.848 bits per heavy atom. The largest absolute Gasteiger partial charge is 0.269 e. The molecule has 164 valence electrons. The van der Waals surface area contributed by atoms with Crippen LogP contribution in [0.25, 0.3) is 22.2 Å². The number of fused-ring (bicyclic) bond motifs is 2. The molecule has 0 saturated heterocycles. The third-order valence-corrected chi connectivity index (χ3v) is 6.39. The first-order chi connectivity index (χ1) is 15.9. The van der Waals surface area contributed by atoms with Crippen LogP contribution in [-0.4, -0.2) is 18.9 Å². The fourth-order valence-corrected chi connectivity index (χ4v) is 4.89. The highest BCUT2D eigenvalue weighted by molar-refractivity contribution is 7.98. The Labute approximate surface area is 194 Å². The predicted molar refractivity (Wildman–Crippen MR) is 133 cm³/mol. The Kier molecular flexibility index (Phi) is 5.34. The van der Waals surface area contributed by atoms with Crippen LogP contribution in [0.5, 0.6) is 0 Å². The van der Waals surface area contributed by atoms with Crippen LogP contribution in [0.1, 0.15) is 22.4 Å². The van der Waals surface area contributed by atoms with Gasteiger partial charge in [-0.05, 0) is 67.8 Å². The van der Waals surface area contributed by atoms with Gasteiger partial charge >= 0.3 is 0 Å². The normalized spacial score (nSPS) is 11.4. The highest BCUT2D eigenvalue weighted by atomic mass is 32.2. The number of thioether (sulfide) groups is 1. The summed E-state index contributed by atoms with van der Waals surface area (Å²) < 4.78 is 3.20. The fourth-order valence-electron chi connectivity index (χ4n) is 3.99. The molecule has 0 aliphatic heterocycles. The monoisotopic (exact) mass is 454 g/mol. The Morgan fingerprint density at radius 2 is 1.61 bits per heavy atom. The molecule has 3 aromatic heterocycles. The Morgan fingerprint density at radius 3 is 2.39 bits per heavy atom. The van der Waals surface area contributed by atoms with Gasteiger partial charge in [0.25, 0.3) is 11.1 Å². The first-order valence-electron chi connectivity index (χ1n) is 10.6. The van der Waals surface area contributed by atoms with E-state index in [1.54, 1.807) is 27.3 Å². The van der Waals surface area contributed by atoms with Gasteiger partial charge in [0.2, 0.25) is 0 Å². The predicted octanol–water partition coefficient (Wildman–Crippen LogP) is 4.61. The van der Waals surface area contributed by atoms with Crippen LogP contribution in [0.15, 0.2) is 81.6 Å². The molecule has 5 aromatic rings. The van der Waals surface area contributed by atoms with Crippen LogP contribution in [0.4, 0.5) is 0 Å². The Balaban J connectivity index is 1.62. The quantitative estimate of drug-likeness (QED) is 0.293. The molecule has 0 amide bonds. The molecule has 0 spiro atoms. The number of aryl methyl sites for hydroxylation is 3. The van der Waals surface area contributed by atoms with Crippen molar-refractivity contribution in [1.29, 1.82) is 0 Å². The van der Waals surface area contributed by atoms with Gasteiger partial charge in [-0.3, -0.25) is 18.6 Å². The summed E-state index contributed by atoms with van der Waals surface area (Å²) >= 11 is 1.40. The molecule has 0 aliphatic rings. The van der Waals surface area contributed by atoms with E-state index in [0.29, 0.717) is 33.2 Å². The van der Waals surface area contributed by atoms with Crippen molar-refractivity contribution < 1.29 is 0 Å². The maximum Gasteiger partial charge on any atom is 0.266 e. The Hall–Kier alpha value is -3.71. The summed E-state index contributed by atoms with van der Waals surface area (Å²) in [5.41, 5.74) is 5.55. The second kappa shape index (κ2) is 8.33. The lowest BCUT2D eigenvalue weighted by Gasteiger charge is -2.14. The second-order valence-electron chi connectivity index (χ2n) is 8.21. The lowest BCUT2D eigenvalue weighted by Crippen LogP contribution is -2.22. The number of nitrogens with zero attached hydrogens (tertiary/aromatic N) is 4. The summed E-state index contributed by atoms with van der Waals surface area (Å²) in [6, 6.07) is 18.7. The van der Waals surface area contributed by atoms with Gasteiger partial charge in [0, 0.05) is 18.0 Å². The van der Waals surface area contributed by atoms with Gasteiger partial charge < -0.3 is 0 Å². The lowest BCUT2D eigenvalue weighted by atomic mass is 10.1. The molecule has 5 rings (SSSR count). The van der Waals surface area contributed by atoms with E-state index in [2.05, 4.69) is 11.1 Å². The molecular formula is C26H22N4O2S. The minimum Gasteiger partial charge on any atom is -0.269 e. The van der Waals surface area contributed by atoms with Gasteiger partial charge in [-0.2, -0.15) is 0 Å². The highest BCUT2D eigenvalue weighted by Crippen LogP contribution is 2.25. The van der Waals surface area contributed by atoms with Crippen molar-refractivity contribution in [2.45, 2.75) is 31.7 Å². The van der Waals surface area contributed by atoms with Gasteiger partial charge in [-0.25, -0.2) is 9.97 Å². The van der Waals surface area contributed by atoms with E-state index in [-0.39, 0.29) is 11.1 Å². The molecule has 0 aliphatic carbocycles. The molecule has 7 heteroatoms. The molecule has 2 aromatic carbocycles. The van der Waals surface area contributed by atoms with E-state index < -0.39 is 0 Å². The van der Waals surface area contributed by atoms with Crippen molar-refractivity contribution >= 4 is 28.3 Å². The van der Waals surface area contributed by atoms with E-state index in [0.717, 1.165) is 22.4 Å². The van der Waals surface area contributed by atoms with Gasteiger partial charge in [0.15, 0.2) is 5.16 Å². The summed E-state index contributed by atoms with van der Waals surface area (Å²) in [6.45, 7) is 5.96. The van der Waals surface area contributed by atoms with Crippen molar-refractivity contribution in [3.05, 3.63) is 110 Å². The van der Waals surface area contributed by atoms with Crippen molar-refractivity contribution in [2.75, 3.05) is 0 Å². The summed E-state index contributed by atoms with van der Waals surface area (Å²) in [5, 5.41) is 1.13. The lowest BCUT2D eigenvalue weighted by molar-refractivity contribution is 0.817. The molecule has 3 heterocycles. The zero-order chi connectivity index (χ0) is 23.1. The van der Waals surface area contributed by atoms with Gasteiger partial charge in [0.05, 0.1) is 22.3 Å². The highest BCUT2D eigenvalue weighted by Gasteiger charge is 2.15. The molecule has 0 atom stereocenters. The number of hydrogen-bond donors (Lipinski definition) is 0. The van der Waals surface area contributed by atoms with E-state index in [9.17, 15) is 9.59 Å². The van der Waals surface area contributed by atoms with Crippen molar-refractivity contribution in [3.63, 3.8) is 0 Å². The molecule has 33 heavy (non-hydrogen) atoms. The zero-order valence-electron chi connectivity index (χ0n) is 18.6. The zero-order valence-corrected chi connectivity index (χ0v) is 19.4. The number of aromatic nitrogens is 4. The van der Waals surface area contributed by atoms with Crippen LogP contribution in [-0.2, 0) is 5.75 Å². The van der Waals surface area contributed by atoms with Crippen molar-refractivity contribution in [1.82, 2.24) is 18.9 Å². The molecule has 0 saturated carbocycles. The molecule has 0 radical (unpaired) electrons. The third-order valence-electron chi connectivity index (χ3n) is 5.42. The number of para-hydroxylation sites is 1. The number of benzene rings is 2. The Bertz CT molecular complexity index is 1630. The van der Waals surface area contributed by atoms with Gasteiger partial charge in [0.1, 0.15) is 5.65 Å². The van der Waals surface area contributed by atoms with E-state index >= 15 is 0 Å². The van der Waals surface area contributed by atoms with Crippen LogP contribution in [0, 0.1) is 20.8 Å². The fraction of sp³-hybridized carbons (Fsp3) is 0.154. The smallest absolute Gasteiger partial charge is 0.266 e. The maximum absolute atomic E-state index is 13.5. The van der Waals surface area contributed by atoms with Crippen LogP contribution < -0.4 is 11.1 Å². The molecule has 6 nitrogen and oxygen atoms in total. The van der Waals surface area contributed by atoms with Crippen LogP contribution in [0.3, 0.4) is 0 Å². The van der Waals surface area contributed by atoms with E-state index in [1.807, 2.05) is 63.2 Å². The third kappa shape index (κ3) is 4.07. The number of pyridine rings is 1. The molecule has 0 unspecified atom stereocenters. The molecule has 0 fully saturated rings. The SMILES string of the molecule is Cc1cc(C)cc(-n2c(SCc3cc(=O)n4cc(C)ccc4n3)nc3ccccc3c2=O)c1. The topological polar surface area (TPSA) is 69.3 Å². The molecular weight excluding hydrogens is 432 g/mol. The van der Waals surface area contributed by atoms with E-state index in [4.69, 9.17) is 4.98 Å². The number of rotatable bonds is 4. The van der Waals surface area contributed by atoms with Crippen molar-refractivity contribution in [3.8, 4) is 5.69 Å². The average molecular weight is 455 g/mol. The second-order valence-corrected chi connectivity index (χ2v) is 9.15. The van der Waals surface area contributed by atoms with E-state index in [1.165, 1.54) is 11.8 Å². The van der Waals surface area contributed by atoms with Gasteiger partial charge in [-0.1, -0.05) is 36.0 Å². The summed E-state index contributed by atoms with van der Waals surface area (Å²) in [5.74, 6) is 0.412. The van der Waals surface area contributed by atoms with Crippen LogP contribution >= 0.6 is 11.8 Å². The summed E-state index contributed by atoms with van der Waals surface area (Å²) in [4.78, 5) is 35.5. The van der Waals surface area contributed by atoms with Crippen molar-refractivity contribution in [2.24, 2.45) is 0 Å². The first kappa shape index (κ1) is 21.2. The molecule has 0 N–H and O–H groups in total. The first-order valence-corrected chi connectivity index (χ1v) is 11.6. The minimum atomic E-state index is -0.127. The average Bonchev–Trinajstić information content (AvgIpc) is 2.77. The number of hydrogen-bond acceptors (Lipinski definition) is 5. The van der Waals surface area contributed by atoms with Crippen LogP contribution in [0.2, 0.25) is 0 Å². The minimum absolute atomic E-state index is 0.116. The van der Waals surface area contributed by atoms with Gasteiger partial charge in [-0.15, -0.1) is 0 Å².